The fourth-order valence-corrected chi connectivity index (χ4v) is 2.42. The van der Waals surface area contributed by atoms with Gasteiger partial charge >= 0.3 is 5.69 Å². The van der Waals surface area contributed by atoms with E-state index in [-0.39, 0.29) is 11.7 Å². The van der Waals surface area contributed by atoms with Crippen molar-refractivity contribution in [3.8, 4) is 5.88 Å². The van der Waals surface area contributed by atoms with Crippen LogP contribution >= 0.6 is 0 Å². The van der Waals surface area contributed by atoms with Crippen molar-refractivity contribution in [3.63, 3.8) is 0 Å². The lowest BCUT2D eigenvalue weighted by Gasteiger charge is -2.35. The maximum atomic E-state index is 11.1. The lowest BCUT2D eigenvalue weighted by molar-refractivity contribution is -0.384. The highest BCUT2D eigenvalue weighted by Gasteiger charge is 2.29. The van der Waals surface area contributed by atoms with Crippen LogP contribution in [0.1, 0.15) is 19.3 Å². The maximum absolute atomic E-state index is 11.1. The molecule has 0 bridgehead atoms. The molecule has 0 radical (unpaired) electrons. The fourth-order valence-electron chi connectivity index (χ4n) is 2.42. The summed E-state index contributed by atoms with van der Waals surface area (Å²) in [7, 11) is 1.49. The summed E-state index contributed by atoms with van der Waals surface area (Å²) in [6.07, 6.45) is 3.02. The predicted octanol–water partition coefficient (Wildman–Crippen LogP) is 1.32. The van der Waals surface area contributed by atoms with Crippen LogP contribution in [-0.4, -0.2) is 36.1 Å². The molecule has 1 aliphatic heterocycles. The molecule has 1 aromatic rings. The van der Waals surface area contributed by atoms with Crippen LogP contribution in [0.5, 0.6) is 5.88 Å². The third kappa shape index (κ3) is 2.76. The van der Waals surface area contributed by atoms with Gasteiger partial charge in [-0.1, -0.05) is 0 Å². The van der Waals surface area contributed by atoms with Gasteiger partial charge in [-0.15, -0.1) is 0 Å². The summed E-state index contributed by atoms with van der Waals surface area (Å²) in [6.45, 7) is 1.21. The molecule has 2 N–H and O–H groups in total. The van der Waals surface area contributed by atoms with Crippen molar-refractivity contribution < 1.29 is 9.66 Å². The molecule has 104 valence electrons. The van der Waals surface area contributed by atoms with E-state index in [0.717, 1.165) is 25.8 Å². The van der Waals surface area contributed by atoms with Crippen LogP contribution in [0, 0.1) is 10.1 Å². The average molecular weight is 266 g/mol. The second-order valence-electron chi connectivity index (χ2n) is 4.53. The Balaban J connectivity index is 2.42. The van der Waals surface area contributed by atoms with E-state index in [0.29, 0.717) is 18.2 Å². The molecule has 1 atom stereocenters. The van der Waals surface area contributed by atoms with E-state index in [9.17, 15) is 10.1 Å². The number of pyridine rings is 1. The number of hydrogen-bond donors (Lipinski definition) is 1. The molecular weight excluding hydrogens is 248 g/mol. The number of hydrogen-bond acceptors (Lipinski definition) is 6. The number of aromatic nitrogens is 1. The Kier molecular flexibility index (Phi) is 4.16. The molecule has 1 fully saturated rings. The van der Waals surface area contributed by atoms with E-state index in [4.69, 9.17) is 10.5 Å². The third-order valence-electron chi connectivity index (χ3n) is 3.41. The van der Waals surface area contributed by atoms with E-state index in [1.165, 1.54) is 19.2 Å². The molecule has 1 aromatic heterocycles. The first-order valence-electron chi connectivity index (χ1n) is 6.33. The summed E-state index contributed by atoms with van der Waals surface area (Å²) >= 11 is 0. The van der Waals surface area contributed by atoms with Gasteiger partial charge in [0.15, 0.2) is 0 Å². The topological polar surface area (TPSA) is 94.5 Å². The van der Waals surface area contributed by atoms with Gasteiger partial charge in [0.25, 0.3) is 0 Å². The summed E-state index contributed by atoms with van der Waals surface area (Å²) in [4.78, 5) is 16.9. The Morgan fingerprint density at radius 2 is 2.37 bits per heavy atom. The minimum absolute atomic E-state index is 0.00106. The summed E-state index contributed by atoms with van der Waals surface area (Å²) in [5.74, 6) is 0.737. The van der Waals surface area contributed by atoms with E-state index in [1.807, 2.05) is 4.90 Å². The second-order valence-corrected chi connectivity index (χ2v) is 4.53. The number of nitrogens with two attached hydrogens (primary N) is 1. The van der Waals surface area contributed by atoms with Crippen LogP contribution in [0.4, 0.5) is 11.5 Å². The van der Waals surface area contributed by atoms with E-state index < -0.39 is 4.92 Å². The van der Waals surface area contributed by atoms with Crippen molar-refractivity contribution in [3.05, 3.63) is 22.2 Å². The number of nitro groups is 1. The van der Waals surface area contributed by atoms with Crippen molar-refractivity contribution in [2.24, 2.45) is 5.73 Å². The van der Waals surface area contributed by atoms with Gasteiger partial charge in [-0.05, 0) is 19.3 Å². The Morgan fingerprint density at radius 3 is 3.00 bits per heavy atom. The molecular formula is C12H18N4O3. The summed E-state index contributed by atoms with van der Waals surface area (Å²) in [6, 6.07) is 3.04. The summed E-state index contributed by atoms with van der Waals surface area (Å²) < 4.78 is 5.06. The molecule has 2 heterocycles. The number of ether oxygens (including phenoxy) is 1. The van der Waals surface area contributed by atoms with E-state index >= 15 is 0 Å². The Bertz CT molecular complexity index is 466. The normalized spacial score (nSPS) is 19.3. The Hall–Kier alpha value is -1.89. The molecule has 0 saturated carbocycles. The van der Waals surface area contributed by atoms with Gasteiger partial charge in [0.05, 0.1) is 12.0 Å². The van der Waals surface area contributed by atoms with Gasteiger partial charge in [0.2, 0.25) is 11.7 Å². The molecule has 7 nitrogen and oxygen atoms in total. The van der Waals surface area contributed by atoms with Gasteiger partial charge in [-0.3, -0.25) is 10.1 Å². The molecule has 2 rings (SSSR count). The highest BCUT2D eigenvalue weighted by molar-refractivity contribution is 5.60. The zero-order valence-corrected chi connectivity index (χ0v) is 10.9. The number of nitrogens with zero attached hydrogens (tertiary/aromatic N) is 3. The number of piperidine rings is 1. The van der Waals surface area contributed by atoms with Crippen LogP contribution in [0.15, 0.2) is 12.1 Å². The minimum atomic E-state index is -0.413. The van der Waals surface area contributed by atoms with Crippen molar-refractivity contribution in [2.75, 3.05) is 25.1 Å². The molecule has 1 unspecified atom stereocenters. The standard InChI is InChI=1S/C12H18N4O3/c1-19-11-6-5-10(16(17)18)12(14-11)15-7-3-2-4-9(15)8-13/h5-6,9H,2-4,7-8,13H2,1H3. The van der Waals surface area contributed by atoms with Crippen LogP contribution in [0.2, 0.25) is 0 Å². The fraction of sp³-hybridized carbons (Fsp3) is 0.583. The molecule has 1 saturated heterocycles. The quantitative estimate of drug-likeness (QED) is 0.652. The van der Waals surface area contributed by atoms with Gasteiger partial charge in [0.1, 0.15) is 0 Å². The largest absolute Gasteiger partial charge is 0.481 e. The molecule has 1 aliphatic rings. The number of methoxy groups -OCH3 is 1. The molecule has 0 aliphatic carbocycles. The maximum Gasteiger partial charge on any atom is 0.311 e. The molecule has 0 amide bonds. The lowest BCUT2D eigenvalue weighted by Crippen LogP contribution is -2.44. The zero-order valence-electron chi connectivity index (χ0n) is 10.9. The minimum Gasteiger partial charge on any atom is -0.481 e. The molecule has 19 heavy (non-hydrogen) atoms. The van der Waals surface area contributed by atoms with Crippen LogP contribution in [0.3, 0.4) is 0 Å². The lowest BCUT2D eigenvalue weighted by atomic mass is 10.0. The van der Waals surface area contributed by atoms with Gasteiger partial charge in [-0.25, -0.2) is 0 Å². The van der Waals surface area contributed by atoms with Crippen LogP contribution in [0.25, 0.3) is 0 Å². The molecule has 0 spiro atoms. The smallest absolute Gasteiger partial charge is 0.311 e. The SMILES string of the molecule is COc1ccc([N+](=O)[O-])c(N2CCCCC2CN)n1. The monoisotopic (exact) mass is 266 g/mol. The summed E-state index contributed by atoms with van der Waals surface area (Å²) in [5, 5.41) is 11.1. The highest BCUT2D eigenvalue weighted by atomic mass is 16.6. The average Bonchev–Trinajstić information content (AvgIpc) is 2.46. The van der Waals surface area contributed by atoms with E-state index in [2.05, 4.69) is 4.98 Å². The third-order valence-corrected chi connectivity index (χ3v) is 3.41. The zero-order chi connectivity index (χ0) is 13.8. The summed E-state index contributed by atoms with van der Waals surface area (Å²) in [5.41, 5.74) is 5.76. The highest BCUT2D eigenvalue weighted by Crippen LogP contribution is 2.32. The molecule has 0 aromatic carbocycles. The Morgan fingerprint density at radius 1 is 1.58 bits per heavy atom. The molecule has 7 heteroatoms. The van der Waals surface area contributed by atoms with Gasteiger partial charge in [-0.2, -0.15) is 4.98 Å². The first kappa shape index (κ1) is 13.5. The van der Waals surface area contributed by atoms with Gasteiger partial charge < -0.3 is 15.4 Å². The van der Waals surface area contributed by atoms with Crippen LogP contribution in [-0.2, 0) is 0 Å². The number of anilines is 1. The first-order valence-corrected chi connectivity index (χ1v) is 6.33. The second kappa shape index (κ2) is 5.83. The predicted molar refractivity (Wildman–Crippen MR) is 71.5 cm³/mol. The van der Waals surface area contributed by atoms with Crippen molar-refractivity contribution in [1.29, 1.82) is 0 Å². The van der Waals surface area contributed by atoms with Crippen LogP contribution < -0.4 is 15.4 Å². The van der Waals surface area contributed by atoms with Crippen molar-refractivity contribution in [1.82, 2.24) is 4.98 Å². The van der Waals surface area contributed by atoms with E-state index in [1.54, 1.807) is 0 Å². The van der Waals surface area contributed by atoms with Crippen molar-refractivity contribution >= 4 is 11.5 Å². The van der Waals surface area contributed by atoms with Crippen molar-refractivity contribution in [2.45, 2.75) is 25.3 Å². The van der Waals surface area contributed by atoms with Gasteiger partial charge in [0, 0.05) is 31.3 Å². The number of rotatable bonds is 4. The first-order chi connectivity index (χ1) is 9.17. The Labute approximate surface area is 111 Å².